The summed E-state index contributed by atoms with van der Waals surface area (Å²) in [6.07, 6.45) is 5.89. The summed E-state index contributed by atoms with van der Waals surface area (Å²) in [7, 11) is 1.73. The summed E-state index contributed by atoms with van der Waals surface area (Å²) in [5.74, 6) is 0.218. The number of rotatable bonds is 12. The van der Waals surface area contributed by atoms with E-state index in [-0.39, 0.29) is 28.3 Å². The van der Waals surface area contributed by atoms with Crippen molar-refractivity contribution in [1.29, 1.82) is 0 Å². The molecule has 13 heteroatoms. The Hall–Kier alpha value is -3.17. The number of amides is 2. The van der Waals surface area contributed by atoms with E-state index in [1.165, 1.54) is 6.20 Å². The summed E-state index contributed by atoms with van der Waals surface area (Å²) in [5.41, 5.74) is 8.73. The third-order valence-electron chi connectivity index (χ3n) is 6.65. The Balaban J connectivity index is 1.36. The number of nitrogens with zero attached hydrogens (tertiary/aromatic N) is 4. The topological polar surface area (TPSA) is 145 Å². The van der Waals surface area contributed by atoms with E-state index < -0.39 is 5.91 Å². The highest BCUT2D eigenvalue weighted by Gasteiger charge is 2.21. The molecule has 1 fully saturated rings. The van der Waals surface area contributed by atoms with Gasteiger partial charge < -0.3 is 30.7 Å². The largest absolute Gasteiger partial charge is 0.489 e. The highest BCUT2D eigenvalue weighted by atomic mass is 127. The molecule has 42 heavy (non-hydrogen) atoms. The van der Waals surface area contributed by atoms with Gasteiger partial charge in [0.2, 0.25) is 5.91 Å². The maximum absolute atomic E-state index is 13.2. The second-order valence-electron chi connectivity index (χ2n) is 10.5. The van der Waals surface area contributed by atoms with Crippen LogP contribution in [0.3, 0.4) is 0 Å². The number of hydrogen-bond acceptors (Lipinski definition) is 10. The molecule has 1 aliphatic heterocycles. The van der Waals surface area contributed by atoms with Crippen LogP contribution in [0.5, 0.6) is 5.75 Å². The van der Waals surface area contributed by atoms with Crippen LogP contribution in [0.25, 0.3) is 11.3 Å². The second kappa shape index (κ2) is 14.8. The maximum atomic E-state index is 13.2. The van der Waals surface area contributed by atoms with Gasteiger partial charge in [0.1, 0.15) is 11.9 Å². The number of pyridine rings is 1. The van der Waals surface area contributed by atoms with Crippen LogP contribution in [0.2, 0.25) is 0 Å². The summed E-state index contributed by atoms with van der Waals surface area (Å²) in [6.45, 7) is 9.24. The Morgan fingerprint density at radius 2 is 1.93 bits per heavy atom. The Bertz CT molecular complexity index is 1370. The van der Waals surface area contributed by atoms with Gasteiger partial charge in [-0.25, -0.2) is 9.97 Å². The van der Waals surface area contributed by atoms with Gasteiger partial charge >= 0.3 is 0 Å². The molecule has 4 N–H and O–H groups in total. The lowest BCUT2D eigenvalue weighted by molar-refractivity contribution is -0.121. The first-order valence-corrected chi connectivity index (χ1v) is 17.1. The summed E-state index contributed by atoms with van der Waals surface area (Å²) < 4.78 is 11.5. The minimum Gasteiger partial charge on any atom is -0.489 e. The number of carbonyl (C=O) groups is 2. The number of halogens is 1. The molecular weight excluding hydrogens is 669 g/mol. The summed E-state index contributed by atoms with van der Waals surface area (Å²) in [4.78, 5) is 40.5. The molecule has 1 saturated heterocycles. The Kier molecular flexibility index (Phi) is 11.2. The van der Waals surface area contributed by atoms with Crippen molar-refractivity contribution in [2.24, 2.45) is 0 Å². The van der Waals surface area contributed by atoms with Crippen molar-refractivity contribution in [2.45, 2.75) is 44.5 Å². The average Bonchev–Trinajstić information content (AvgIpc) is 3.00. The van der Waals surface area contributed by atoms with Crippen LogP contribution >= 0.6 is 30.1 Å². The standard InChI is InChI=1S/C29H36IN7O4S/c1-19(16-33-25(38)8-10-29(2,3)42-30)41-21-6-4-20(5-7-21)22-18-34-27(31)26(35-22)28(39)36-23-17-32-11-9-24(23)37-12-14-40-15-13-37/h4-7,9,11,17-19H,8,10,12-16H2,1-3H3,(H2,31,34)(H,33,38)(H,36,39). The number of nitrogens with one attached hydrogen (secondary N) is 2. The van der Waals surface area contributed by atoms with Gasteiger partial charge in [-0.05, 0) is 78.7 Å². The van der Waals surface area contributed by atoms with Crippen molar-refractivity contribution >= 4 is 59.1 Å². The first kappa shape index (κ1) is 31.8. The number of nitrogens with two attached hydrogens (primary N) is 1. The number of aromatic nitrogens is 3. The lowest BCUT2D eigenvalue weighted by Gasteiger charge is -2.30. The number of morpholine rings is 1. The smallest absolute Gasteiger partial charge is 0.278 e. The zero-order valence-corrected chi connectivity index (χ0v) is 26.9. The van der Waals surface area contributed by atoms with Crippen molar-refractivity contribution < 1.29 is 19.1 Å². The number of hydrogen-bond donors (Lipinski definition) is 3. The quantitative estimate of drug-likeness (QED) is 0.226. The van der Waals surface area contributed by atoms with E-state index in [1.807, 2.05) is 37.3 Å². The predicted molar refractivity (Wildman–Crippen MR) is 175 cm³/mol. The van der Waals surface area contributed by atoms with Gasteiger partial charge in [-0.2, -0.15) is 0 Å². The molecule has 3 heterocycles. The molecule has 3 aromatic rings. The molecular formula is C29H36IN7O4S. The van der Waals surface area contributed by atoms with Crippen LogP contribution in [-0.4, -0.2) is 70.5 Å². The summed E-state index contributed by atoms with van der Waals surface area (Å²) in [5, 5.41) is 5.84. The third kappa shape index (κ3) is 8.91. The first-order valence-electron chi connectivity index (χ1n) is 13.7. The molecule has 0 bridgehead atoms. The summed E-state index contributed by atoms with van der Waals surface area (Å²) in [6, 6.07) is 9.16. The fourth-order valence-corrected chi connectivity index (χ4v) is 5.07. The maximum Gasteiger partial charge on any atom is 0.278 e. The molecule has 0 saturated carbocycles. The van der Waals surface area contributed by atoms with E-state index in [9.17, 15) is 9.59 Å². The molecule has 1 aromatic carbocycles. The fraction of sp³-hybridized carbons (Fsp3) is 0.414. The van der Waals surface area contributed by atoms with Crippen LogP contribution < -0.4 is 26.0 Å². The SMILES string of the molecule is CC(CNC(=O)CCC(C)(C)SI)Oc1ccc(-c2cnc(N)c(C(=O)Nc3cnccc3N3CCOCC3)n2)cc1. The number of nitrogen functional groups attached to an aromatic ring is 1. The molecule has 0 spiro atoms. The number of benzene rings is 1. The molecule has 1 atom stereocenters. The van der Waals surface area contributed by atoms with Gasteiger partial charge in [-0.1, -0.05) is 8.93 Å². The van der Waals surface area contributed by atoms with E-state index in [0.29, 0.717) is 56.4 Å². The molecule has 224 valence electrons. The van der Waals surface area contributed by atoms with Crippen LogP contribution in [0.1, 0.15) is 44.1 Å². The van der Waals surface area contributed by atoms with Gasteiger partial charge in [-0.3, -0.25) is 14.6 Å². The average molecular weight is 706 g/mol. The first-order chi connectivity index (χ1) is 20.1. The van der Waals surface area contributed by atoms with Crippen molar-refractivity contribution in [3.05, 3.63) is 54.6 Å². The van der Waals surface area contributed by atoms with Crippen molar-refractivity contribution in [1.82, 2.24) is 20.3 Å². The van der Waals surface area contributed by atoms with Crippen LogP contribution in [0, 0.1) is 0 Å². The lowest BCUT2D eigenvalue weighted by atomic mass is 10.1. The zero-order chi connectivity index (χ0) is 30.1. The normalized spacial score (nSPS) is 14.2. The molecule has 1 unspecified atom stereocenters. The zero-order valence-electron chi connectivity index (χ0n) is 23.9. The van der Waals surface area contributed by atoms with E-state index >= 15 is 0 Å². The van der Waals surface area contributed by atoms with Gasteiger partial charge in [0.25, 0.3) is 5.91 Å². The van der Waals surface area contributed by atoms with Gasteiger partial charge in [0.15, 0.2) is 11.5 Å². The molecule has 0 radical (unpaired) electrons. The summed E-state index contributed by atoms with van der Waals surface area (Å²) >= 11 is 2.27. The van der Waals surface area contributed by atoms with E-state index in [2.05, 4.69) is 65.5 Å². The minimum atomic E-state index is -0.475. The molecule has 2 amide bonds. The van der Waals surface area contributed by atoms with Gasteiger partial charge in [-0.15, -0.1) is 0 Å². The Labute approximate surface area is 262 Å². The molecule has 11 nitrogen and oxygen atoms in total. The Morgan fingerprint density at radius 1 is 1.19 bits per heavy atom. The van der Waals surface area contributed by atoms with Crippen molar-refractivity contribution in [3.8, 4) is 17.0 Å². The fourth-order valence-electron chi connectivity index (χ4n) is 4.23. The van der Waals surface area contributed by atoms with E-state index in [0.717, 1.165) is 17.7 Å². The molecule has 1 aliphatic rings. The minimum absolute atomic E-state index is 0.0157. The Morgan fingerprint density at radius 3 is 2.64 bits per heavy atom. The number of carbonyl (C=O) groups excluding carboxylic acids is 2. The predicted octanol–water partition coefficient (Wildman–Crippen LogP) is 4.74. The highest BCUT2D eigenvalue weighted by Crippen LogP contribution is 2.34. The lowest BCUT2D eigenvalue weighted by Crippen LogP contribution is -2.36. The van der Waals surface area contributed by atoms with Crippen molar-refractivity contribution in [2.75, 3.05) is 48.8 Å². The van der Waals surface area contributed by atoms with Gasteiger partial charge in [0.05, 0.1) is 49.2 Å². The van der Waals surface area contributed by atoms with Crippen LogP contribution in [-0.2, 0) is 9.53 Å². The number of anilines is 3. The van der Waals surface area contributed by atoms with E-state index in [1.54, 1.807) is 21.3 Å². The highest BCUT2D eigenvalue weighted by molar-refractivity contribution is 14.2. The molecule has 2 aromatic heterocycles. The molecule has 0 aliphatic carbocycles. The van der Waals surface area contributed by atoms with E-state index in [4.69, 9.17) is 15.2 Å². The van der Waals surface area contributed by atoms with Gasteiger partial charge in [0, 0.05) is 36.0 Å². The van der Waals surface area contributed by atoms with Crippen molar-refractivity contribution in [3.63, 3.8) is 0 Å². The monoisotopic (exact) mass is 705 g/mol. The number of ether oxygens (including phenoxy) is 2. The van der Waals surface area contributed by atoms with Crippen LogP contribution in [0.15, 0.2) is 48.9 Å². The van der Waals surface area contributed by atoms with Crippen LogP contribution in [0.4, 0.5) is 17.2 Å². The molecule has 4 rings (SSSR count). The second-order valence-corrected chi connectivity index (χ2v) is 13.1. The third-order valence-corrected chi connectivity index (χ3v) is 10.8.